The third kappa shape index (κ3) is 4.45. The molecule has 2 fully saturated rings. The zero-order valence-electron chi connectivity index (χ0n) is 20.8. The van der Waals surface area contributed by atoms with E-state index >= 15 is 0 Å². The van der Waals surface area contributed by atoms with Crippen LogP contribution in [0.1, 0.15) is 42.5 Å². The lowest BCUT2D eigenvalue weighted by atomic mass is 9.95. The summed E-state index contributed by atoms with van der Waals surface area (Å²) in [6, 6.07) is 10.4. The van der Waals surface area contributed by atoms with Crippen molar-refractivity contribution >= 4 is 34.8 Å². The van der Waals surface area contributed by atoms with Gasteiger partial charge in [0.25, 0.3) is 5.91 Å². The molecule has 5 rings (SSSR count). The lowest BCUT2D eigenvalue weighted by Crippen LogP contribution is -2.56. The van der Waals surface area contributed by atoms with Crippen LogP contribution in [-0.2, 0) is 9.59 Å². The molecule has 0 unspecified atom stereocenters. The molecule has 0 saturated carbocycles. The van der Waals surface area contributed by atoms with Gasteiger partial charge in [0.2, 0.25) is 11.8 Å². The number of amides is 3. The molecule has 2 aromatic carbocycles. The minimum absolute atomic E-state index is 0.0316. The van der Waals surface area contributed by atoms with Crippen LogP contribution in [0.25, 0.3) is 0 Å². The van der Waals surface area contributed by atoms with Gasteiger partial charge in [-0.3, -0.25) is 19.3 Å². The number of ether oxygens (including phenoxy) is 2. The molecule has 36 heavy (non-hydrogen) atoms. The van der Waals surface area contributed by atoms with Crippen LogP contribution in [0.15, 0.2) is 36.4 Å². The molecule has 0 aromatic heterocycles. The van der Waals surface area contributed by atoms with Crippen molar-refractivity contribution in [3.8, 4) is 11.5 Å². The van der Waals surface area contributed by atoms with Gasteiger partial charge in [-0.1, -0.05) is 0 Å². The van der Waals surface area contributed by atoms with E-state index in [-0.39, 0.29) is 30.3 Å². The molecule has 0 spiro atoms. The molecule has 9 heteroatoms. The summed E-state index contributed by atoms with van der Waals surface area (Å²) in [5.74, 6) is 0.585. The number of nitrogens with zero attached hydrogens (tertiary/aromatic N) is 3. The van der Waals surface area contributed by atoms with Gasteiger partial charge in [-0.2, -0.15) is 0 Å². The highest BCUT2D eigenvalue weighted by molar-refractivity contribution is 6.11. The number of anilines is 3. The van der Waals surface area contributed by atoms with Crippen LogP contribution in [0.3, 0.4) is 0 Å². The fourth-order valence-electron chi connectivity index (χ4n) is 5.39. The number of piperidine rings is 1. The first-order valence-corrected chi connectivity index (χ1v) is 12.5. The second kappa shape index (κ2) is 10.1. The Morgan fingerprint density at radius 1 is 0.944 bits per heavy atom. The Kier molecular flexibility index (Phi) is 6.71. The highest BCUT2D eigenvalue weighted by atomic mass is 16.5. The SMILES string of the molecule is COc1ccc(NC(=O)CN2C(=O)[C@@H]3CCCCN3c3ccc(C(=O)N4CCCC4)cc32)c(OC)c1. The summed E-state index contributed by atoms with van der Waals surface area (Å²) in [6.07, 6.45) is 4.74. The van der Waals surface area contributed by atoms with Crippen molar-refractivity contribution in [2.45, 2.75) is 38.1 Å². The van der Waals surface area contributed by atoms with Crippen molar-refractivity contribution in [2.75, 3.05) is 55.5 Å². The Morgan fingerprint density at radius 2 is 1.72 bits per heavy atom. The zero-order chi connectivity index (χ0) is 25.2. The van der Waals surface area contributed by atoms with Crippen molar-refractivity contribution in [3.05, 3.63) is 42.0 Å². The molecule has 3 heterocycles. The largest absolute Gasteiger partial charge is 0.497 e. The van der Waals surface area contributed by atoms with Crippen LogP contribution in [0.4, 0.5) is 17.1 Å². The molecule has 2 saturated heterocycles. The molecule has 0 bridgehead atoms. The molecular formula is C27H32N4O5. The predicted octanol–water partition coefficient (Wildman–Crippen LogP) is 3.28. The second-order valence-corrected chi connectivity index (χ2v) is 9.45. The number of benzene rings is 2. The number of nitrogens with one attached hydrogen (secondary N) is 1. The summed E-state index contributed by atoms with van der Waals surface area (Å²) in [5, 5.41) is 2.86. The van der Waals surface area contributed by atoms with E-state index in [1.807, 2.05) is 17.0 Å². The maximum absolute atomic E-state index is 13.6. The maximum atomic E-state index is 13.6. The van der Waals surface area contributed by atoms with Gasteiger partial charge in [0, 0.05) is 31.3 Å². The first-order chi connectivity index (χ1) is 17.5. The molecule has 0 radical (unpaired) electrons. The van der Waals surface area contributed by atoms with Gasteiger partial charge >= 0.3 is 0 Å². The summed E-state index contributed by atoms with van der Waals surface area (Å²) >= 11 is 0. The fraction of sp³-hybridized carbons (Fsp3) is 0.444. The quantitative estimate of drug-likeness (QED) is 0.666. The first-order valence-electron chi connectivity index (χ1n) is 12.5. The summed E-state index contributed by atoms with van der Waals surface area (Å²) in [6.45, 7) is 2.12. The first kappa shape index (κ1) is 24.0. The van der Waals surface area contributed by atoms with E-state index in [1.165, 1.54) is 12.0 Å². The van der Waals surface area contributed by atoms with Crippen molar-refractivity contribution in [2.24, 2.45) is 0 Å². The van der Waals surface area contributed by atoms with Crippen molar-refractivity contribution in [3.63, 3.8) is 0 Å². The van der Waals surface area contributed by atoms with Crippen LogP contribution in [0, 0.1) is 0 Å². The van der Waals surface area contributed by atoms with E-state index in [1.54, 1.807) is 31.4 Å². The average Bonchev–Trinajstić information content (AvgIpc) is 3.45. The fourth-order valence-corrected chi connectivity index (χ4v) is 5.39. The van der Waals surface area contributed by atoms with Crippen molar-refractivity contribution in [1.82, 2.24) is 4.90 Å². The van der Waals surface area contributed by atoms with Gasteiger partial charge in [-0.05, 0) is 62.4 Å². The Bertz CT molecular complexity index is 1180. The van der Waals surface area contributed by atoms with Crippen LogP contribution >= 0.6 is 0 Å². The topological polar surface area (TPSA) is 91.4 Å². The minimum Gasteiger partial charge on any atom is -0.497 e. The number of methoxy groups -OCH3 is 2. The Labute approximate surface area is 210 Å². The number of likely N-dealkylation sites (tertiary alicyclic amines) is 1. The molecule has 1 atom stereocenters. The summed E-state index contributed by atoms with van der Waals surface area (Å²) in [5.41, 5.74) is 2.54. The van der Waals surface area contributed by atoms with Gasteiger partial charge in [0.1, 0.15) is 24.1 Å². The third-order valence-corrected chi connectivity index (χ3v) is 7.25. The molecule has 1 N–H and O–H groups in total. The normalized spacial score (nSPS) is 19.0. The van der Waals surface area contributed by atoms with Gasteiger partial charge in [0.05, 0.1) is 31.3 Å². The van der Waals surface area contributed by atoms with Crippen LogP contribution in [0.5, 0.6) is 11.5 Å². The monoisotopic (exact) mass is 492 g/mol. The zero-order valence-corrected chi connectivity index (χ0v) is 20.8. The van der Waals surface area contributed by atoms with Gasteiger partial charge in [-0.15, -0.1) is 0 Å². The lowest BCUT2D eigenvalue weighted by Gasteiger charge is -2.45. The van der Waals surface area contributed by atoms with E-state index in [9.17, 15) is 14.4 Å². The van der Waals surface area contributed by atoms with E-state index < -0.39 is 0 Å². The highest BCUT2D eigenvalue weighted by Gasteiger charge is 2.40. The predicted molar refractivity (Wildman–Crippen MR) is 137 cm³/mol. The summed E-state index contributed by atoms with van der Waals surface area (Å²) < 4.78 is 10.6. The number of hydrogen-bond acceptors (Lipinski definition) is 6. The molecule has 190 valence electrons. The molecule has 3 aliphatic rings. The second-order valence-electron chi connectivity index (χ2n) is 9.45. The van der Waals surface area contributed by atoms with Crippen molar-refractivity contribution in [1.29, 1.82) is 0 Å². The molecule has 2 aromatic rings. The summed E-state index contributed by atoms with van der Waals surface area (Å²) in [7, 11) is 3.08. The van der Waals surface area contributed by atoms with Gasteiger partial charge in [-0.25, -0.2) is 0 Å². The van der Waals surface area contributed by atoms with E-state index in [4.69, 9.17) is 9.47 Å². The molecule has 3 amide bonds. The Morgan fingerprint density at radius 3 is 2.47 bits per heavy atom. The lowest BCUT2D eigenvalue weighted by molar-refractivity contribution is -0.123. The molecule has 9 nitrogen and oxygen atoms in total. The third-order valence-electron chi connectivity index (χ3n) is 7.25. The molecular weight excluding hydrogens is 460 g/mol. The Hall–Kier alpha value is -3.75. The smallest absolute Gasteiger partial charge is 0.253 e. The van der Waals surface area contributed by atoms with Crippen molar-refractivity contribution < 1.29 is 23.9 Å². The number of carbonyl (C=O) groups is 3. The average molecular weight is 493 g/mol. The standard InChI is InChI=1S/C27H32N4O5/c1-35-19-9-10-20(24(16-19)36-2)28-25(32)17-31-23-15-18(26(33)29-12-5-6-13-29)8-11-21(23)30-14-4-3-7-22(30)27(31)34/h8-11,15-16,22H,3-7,12-14,17H2,1-2H3,(H,28,32)/t22-/m0/s1. The molecule has 0 aliphatic carbocycles. The van der Waals surface area contributed by atoms with E-state index in [2.05, 4.69) is 10.2 Å². The van der Waals surface area contributed by atoms with E-state index in [0.717, 1.165) is 57.4 Å². The minimum atomic E-state index is -0.349. The highest BCUT2D eigenvalue weighted by Crippen LogP contribution is 2.40. The van der Waals surface area contributed by atoms with E-state index in [0.29, 0.717) is 28.4 Å². The number of hydrogen-bond donors (Lipinski definition) is 1. The van der Waals surface area contributed by atoms with Crippen LogP contribution in [-0.4, -0.2) is 69.1 Å². The van der Waals surface area contributed by atoms with Crippen LogP contribution in [0.2, 0.25) is 0 Å². The number of carbonyl (C=O) groups excluding carboxylic acids is 3. The van der Waals surface area contributed by atoms with Crippen LogP contribution < -0.4 is 24.6 Å². The maximum Gasteiger partial charge on any atom is 0.253 e. The number of fused-ring (bicyclic) bond motifs is 3. The number of rotatable bonds is 6. The van der Waals surface area contributed by atoms with Gasteiger partial charge in [0.15, 0.2) is 0 Å². The van der Waals surface area contributed by atoms with Gasteiger partial charge < -0.3 is 24.6 Å². The molecule has 3 aliphatic heterocycles. The summed E-state index contributed by atoms with van der Waals surface area (Å²) in [4.78, 5) is 45.4. The Balaban J connectivity index is 1.44.